The number of carbonyl (C=O) groups is 4. The molecule has 0 radical (unpaired) electrons. The first kappa shape index (κ1) is 15.5. The molecular weight excluding hydrogens is 415 g/mol. The van der Waals surface area contributed by atoms with E-state index in [2.05, 4.69) is 27.9 Å². The fourth-order valence-corrected chi connectivity index (χ4v) is 6.55. The Hall–Kier alpha value is -1.07. The van der Waals surface area contributed by atoms with Crippen LogP contribution in [0.1, 0.15) is 32.1 Å². The SMILES string of the molecule is N[C@@]12CC[C@@](I)(C1)[C@H]1C(=O)N(C3CCC(=O)NC3=O)C(=O)[C@]12N. The Morgan fingerprint density at radius 3 is 2.48 bits per heavy atom. The number of hydrogen-bond donors (Lipinski definition) is 3. The molecule has 23 heavy (non-hydrogen) atoms. The van der Waals surface area contributed by atoms with Gasteiger partial charge >= 0.3 is 0 Å². The van der Waals surface area contributed by atoms with Crippen LogP contribution in [0, 0.1) is 5.92 Å². The molecule has 1 unspecified atom stereocenters. The first-order valence-electron chi connectivity index (χ1n) is 7.62. The van der Waals surface area contributed by atoms with E-state index in [1.54, 1.807) is 0 Å². The maximum absolute atomic E-state index is 13.0. The van der Waals surface area contributed by atoms with E-state index in [9.17, 15) is 19.2 Å². The standard InChI is InChI=1S/C14H17IN4O4/c15-12-3-4-13(16,5-12)14(17)8(12)10(22)19(11(14)23)6-1-2-7(20)18-9(6)21/h6,8H,1-5,16-17H2,(H,18,20,21)/t6?,8-,12-,13+,14-/m1/s1. The van der Waals surface area contributed by atoms with Gasteiger partial charge in [0.25, 0.3) is 5.91 Å². The number of nitrogens with two attached hydrogens (primary N) is 2. The summed E-state index contributed by atoms with van der Waals surface area (Å²) in [5.41, 5.74) is 10.5. The predicted octanol–water partition coefficient (Wildman–Crippen LogP) is -1.46. The first-order valence-corrected chi connectivity index (χ1v) is 8.70. The molecule has 0 aromatic carbocycles. The van der Waals surface area contributed by atoms with Gasteiger partial charge in [0.2, 0.25) is 17.7 Å². The third-order valence-corrected chi connectivity index (χ3v) is 7.52. The molecule has 0 aromatic heterocycles. The second-order valence-corrected chi connectivity index (χ2v) is 9.30. The van der Waals surface area contributed by atoms with Crippen molar-refractivity contribution in [3.05, 3.63) is 0 Å². The van der Waals surface area contributed by atoms with Gasteiger partial charge in [-0.3, -0.25) is 29.4 Å². The minimum atomic E-state index is -1.45. The second-order valence-electron chi connectivity index (χ2n) is 7.15. The number of piperidine rings is 1. The maximum atomic E-state index is 13.0. The van der Waals surface area contributed by atoms with Crippen molar-refractivity contribution in [2.45, 2.75) is 52.6 Å². The van der Waals surface area contributed by atoms with Gasteiger partial charge in [0.05, 0.1) is 5.92 Å². The minimum Gasteiger partial charge on any atom is -0.323 e. The lowest BCUT2D eigenvalue weighted by atomic mass is 9.71. The lowest BCUT2D eigenvalue weighted by Crippen LogP contribution is -2.70. The smallest absolute Gasteiger partial charge is 0.252 e. The van der Waals surface area contributed by atoms with Crippen LogP contribution in [0.4, 0.5) is 0 Å². The number of amides is 4. The van der Waals surface area contributed by atoms with Crippen molar-refractivity contribution in [3.63, 3.8) is 0 Å². The van der Waals surface area contributed by atoms with Crippen molar-refractivity contribution in [1.82, 2.24) is 10.2 Å². The average molecular weight is 432 g/mol. The molecule has 2 heterocycles. The Balaban J connectivity index is 1.76. The van der Waals surface area contributed by atoms with Crippen molar-refractivity contribution in [1.29, 1.82) is 0 Å². The van der Waals surface area contributed by atoms with Crippen LogP contribution in [0.2, 0.25) is 0 Å². The monoisotopic (exact) mass is 432 g/mol. The summed E-state index contributed by atoms with van der Waals surface area (Å²) in [6, 6.07) is -0.971. The van der Waals surface area contributed by atoms with Gasteiger partial charge in [0.1, 0.15) is 11.6 Å². The number of hydrogen-bond acceptors (Lipinski definition) is 6. The van der Waals surface area contributed by atoms with Gasteiger partial charge in [-0.1, -0.05) is 22.6 Å². The number of alkyl halides is 1. The van der Waals surface area contributed by atoms with E-state index in [4.69, 9.17) is 11.5 Å². The molecular formula is C14H17IN4O4. The topological polar surface area (TPSA) is 136 Å². The Labute approximate surface area is 145 Å². The van der Waals surface area contributed by atoms with Gasteiger partial charge in [0, 0.05) is 15.4 Å². The summed E-state index contributed by atoms with van der Waals surface area (Å²) in [6.07, 6.45) is 2.08. The van der Waals surface area contributed by atoms with Crippen LogP contribution in [0.5, 0.6) is 0 Å². The number of rotatable bonds is 1. The molecule has 4 amide bonds. The third kappa shape index (κ3) is 1.63. The lowest BCUT2D eigenvalue weighted by molar-refractivity contribution is -0.152. The molecule has 2 aliphatic carbocycles. The zero-order valence-corrected chi connectivity index (χ0v) is 14.5. The zero-order valence-electron chi connectivity index (χ0n) is 12.3. The van der Waals surface area contributed by atoms with Gasteiger partial charge in [0.15, 0.2) is 0 Å². The van der Waals surface area contributed by atoms with Gasteiger partial charge in [-0.15, -0.1) is 0 Å². The molecule has 5 N–H and O–H groups in total. The number of nitrogens with zero attached hydrogens (tertiary/aromatic N) is 1. The molecule has 5 atom stereocenters. The normalized spacial score (nSPS) is 48.9. The summed E-state index contributed by atoms with van der Waals surface area (Å²) in [5.74, 6) is -2.70. The largest absolute Gasteiger partial charge is 0.323 e. The van der Waals surface area contributed by atoms with E-state index in [0.717, 1.165) is 11.3 Å². The van der Waals surface area contributed by atoms with E-state index in [1.807, 2.05) is 0 Å². The van der Waals surface area contributed by atoms with Crippen LogP contribution in [-0.2, 0) is 19.2 Å². The third-order valence-electron chi connectivity index (χ3n) is 5.97. The lowest BCUT2D eigenvalue weighted by Gasteiger charge is -2.40. The molecule has 4 rings (SSSR count). The van der Waals surface area contributed by atoms with Crippen LogP contribution in [0.25, 0.3) is 0 Å². The van der Waals surface area contributed by atoms with Crippen molar-refractivity contribution < 1.29 is 19.2 Å². The molecule has 124 valence electrons. The highest BCUT2D eigenvalue weighted by Crippen LogP contribution is 2.64. The Bertz CT molecular complexity index is 684. The van der Waals surface area contributed by atoms with E-state index < -0.39 is 50.1 Å². The maximum Gasteiger partial charge on any atom is 0.252 e. The van der Waals surface area contributed by atoms with Gasteiger partial charge in [-0.05, 0) is 25.7 Å². The van der Waals surface area contributed by atoms with Gasteiger partial charge < -0.3 is 11.5 Å². The fourth-order valence-electron chi connectivity index (χ4n) is 4.84. The quantitative estimate of drug-likeness (QED) is 0.264. The highest BCUT2D eigenvalue weighted by molar-refractivity contribution is 14.1. The van der Waals surface area contributed by atoms with Crippen molar-refractivity contribution in [2.24, 2.45) is 17.4 Å². The van der Waals surface area contributed by atoms with Crippen LogP contribution in [0.15, 0.2) is 0 Å². The number of carbonyl (C=O) groups excluding carboxylic acids is 4. The summed E-state index contributed by atoms with van der Waals surface area (Å²) >= 11 is 2.21. The van der Waals surface area contributed by atoms with E-state index >= 15 is 0 Å². The molecule has 8 nitrogen and oxygen atoms in total. The molecule has 2 saturated carbocycles. The Morgan fingerprint density at radius 2 is 1.87 bits per heavy atom. The second kappa shape index (κ2) is 4.31. The van der Waals surface area contributed by atoms with Crippen LogP contribution in [-0.4, -0.2) is 49.1 Å². The number of likely N-dealkylation sites (tertiary alicyclic amines) is 1. The molecule has 4 aliphatic rings. The molecule has 9 heteroatoms. The summed E-state index contributed by atoms with van der Waals surface area (Å²) in [7, 11) is 0. The van der Waals surface area contributed by atoms with Crippen LogP contribution < -0.4 is 16.8 Å². The molecule has 0 spiro atoms. The van der Waals surface area contributed by atoms with E-state index in [1.165, 1.54) is 0 Å². The van der Waals surface area contributed by atoms with Crippen molar-refractivity contribution in [2.75, 3.05) is 0 Å². The first-order chi connectivity index (χ1) is 10.6. The highest BCUT2D eigenvalue weighted by atomic mass is 127. The van der Waals surface area contributed by atoms with E-state index in [-0.39, 0.29) is 12.8 Å². The molecule has 4 fully saturated rings. The minimum absolute atomic E-state index is 0.0961. The van der Waals surface area contributed by atoms with E-state index in [0.29, 0.717) is 12.8 Å². The highest BCUT2D eigenvalue weighted by Gasteiger charge is 2.80. The molecule has 2 bridgehead atoms. The molecule has 0 aromatic rings. The Kier molecular flexibility index (Phi) is 2.90. The summed E-state index contributed by atoms with van der Waals surface area (Å²) in [4.78, 5) is 50.4. The number of halogens is 1. The molecule has 2 saturated heterocycles. The number of nitrogens with one attached hydrogen (secondary N) is 1. The summed E-state index contributed by atoms with van der Waals surface area (Å²) < 4.78 is -0.441. The van der Waals surface area contributed by atoms with Crippen LogP contribution >= 0.6 is 22.6 Å². The summed E-state index contributed by atoms with van der Waals surface area (Å²) in [6.45, 7) is 0. The van der Waals surface area contributed by atoms with Crippen molar-refractivity contribution in [3.8, 4) is 0 Å². The summed E-state index contributed by atoms with van der Waals surface area (Å²) in [5, 5.41) is 2.18. The molecule has 2 aliphatic heterocycles. The fraction of sp³-hybridized carbons (Fsp3) is 0.714. The van der Waals surface area contributed by atoms with Crippen LogP contribution in [0.3, 0.4) is 0 Å². The number of imide groups is 2. The van der Waals surface area contributed by atoms with Gasteiger partial charge in [-0.25, -0.2) is 0 Å². The zero-order chi connectivity index (χ0) is 16.8. The Morgan fingerprint density at radius 1 is 1.17 bits per heavy atom. The van der Waals surface area contributed by atoms with Gasteiger partial charge in [-0.2, -0.15) is 0 Å². The predicted molar refractivity (Wildman–Crippen MR) is 86.0 cm³/mol. The van der Waals surface area contributed by atoms with Crippen molar-refractivity contribution >= 4 is 46.2 Å². The average Bonchev–Trinajstić information content (AvgIpc) is 2.94. The number of fused-ring (bicyclic) bond motifs is 5.